The minimum absolute atomic E-state index is 0.532. The first-order valence-electron chi connectivity index (χ1n) is 10.0. The maximum absolute atomic E-state index is 12.6. The Kier molecular flexibility index (Phi) is 7.36. The number of hydrogen-bond donors (Lipinski definition) is 3. The number of carbonyl (C=O) groups excluding carboxylic acids is 1. The van der Waals surface area contributed by atoms with Crippen LogP contribution in [0.25, 0.3) is 0 Å². The highest BCUT2D eigenvalue weighted by atomic mass is 16.7. The van der Waals surface area contributed by atoms with E-state index in [1.807, 2.05) is 91.0 Å². The average Bonchev–Trinajstić information content (AvgIpc) is 2.81. The van der Waals surface area contributed by atoms with Gasteiger partial charge in [0.2, 0.25) is 5.91 Å². The average molecular weight is 433 g/mol. The van der Waals surface area contributed by atoms with Crippen LogP contribution >= 0.6 is 0 Å². The molecule has 164 valence electrons. The normalized spacial score (nSPS) is 12.0. The topological polar surface area (TPSA) is 113 Å². The molecule has 1 unspecified atom stereocenters. The molecular formula is C25H23NO6. The van der Waals surface area contributed by atoms with Crippen LogP contribution in [0.2, 0.25) is 0 Å². The van der Waals surface area contributed by atoms with Crippen molar-refractivity contribution in [3.63, 3.8) is 0 Å². The lowest BCUT2D eigenvalue weighted by molar-refractivity contribution is -0.153. The van der Waals surface area contributed by atoms with E-state index < -0.39 is 42.2 Å². The highest BCUT2D eigenvalue weighted by Gasteiger charge is 2.39. The Hall–Kier alpha value is -3.97. The molecule has 7 heteroatoms. The van der Waals surface area contributed by atoms with Gasteiger partial charge in [-0.2, -0.15) is 0 Å². The van der Waals surface area contributed by atoms with Crippen molar-refractivity contribution in [2.24, 2.45) is 5.92 Å². The smallest absolute Gasteiger partial charge is 0.307 e. The molecule has 0 bridgehead atoms. The fourth-order valence-corrected chi connectivity index (χ4v) is 3.55. The molecule has 3 aromatic carbocycles. The van der Waals surface area contributed by atoms with E-state index in [4.69, 9.17) is 9.94 Å². The van der Waals surface area contributed by atoms with Gasteiger partial charge >= 0.3 is 11.9 Å². The number of rotatable bonds is 10. The van der Waals surface area contributed by atoms with Crippen LogP contribution in [0.4, 0.5) is 0 Å². The lowest BCUT2D eigenvalue weighted by Gasteiger charge is -2.35. The van der Waals surface area contributed by atoms with E-state index in [1.165, 1.54) is 0 Å². The second-order valence-electron chi connectivity index (χ2n) is 7.24. The Labute approximate surface area is 185 Å². The second-order valence-corrected chi connectivity index (χ2v) is 7.24. The van der Waals surface area contributed by atoms with Crippen LogP contribution in [0.5, 0.6) is 0 Å². The predicted octanol–water partition coefficient (Wildman–Crippen LogP) is 3.59. The molecule has 3 aromatic rings. The van der Waals surface area contributed by atoms with E-state index in [9.17, 15) is 19.5 Å². The molecule has 1 atom stereocenters. The lowest BCUT2D eigenvalue weighted by Crippen LogP contribution is -2.41. The van der Waals surface area contributed by atoms with E-state index in [0.29, 0.717) is 0 Å². The summed E-state index contributed by atoms with van der Waals surface area (Å²) in [6.07, 6.45) is -1.19. The first-order valence-corrected chi connectivity index (χ1v) is 10.0. The molecule has 0 saturated carbocycles. The zero-order valence-electron chi connectivity index (χ0n) is 17.2. The summed E-state index contributed by atoms with van der Waals surface area (Å²) in [6, 6.07) is 28.0. The minimum atomic E-state index is -1.37. The molecule has 7 nitrogen and oxygen atoms in total. The summed E-state index contributed by atoms with van der Waals surface area (Å²) in [5.74, 6) is -4.75. The molecule has 1 amide bonds. The fraction of sp³-hybridized carbons (Fsp3) is 0.160. The van der Waals surface area contributed by atoms with Gasteiger partial charge in [-0.05, 0) is 16.7 Å². The standard InChI is InChI=1S/C25H23NO6/c27-22(16-18(24(30)31)17-23(28)29)26-32-25(19-10-4-1-5-11-19,20-12-6-2-7-13-20)21-14-8-3-9-15-21/h1-15,18H,16-17H2,(H,26,27)(H,28,29)(H,30,31). The molecule has 0 heterocycles. The van der Waals surface area contributed by atoms with Gasteiger partial charge in [-0.15, -0.1) is 0 Å². The Morgan fingerprint density at radius 2 is 1.12 bits per heavy atom. The molecule has 0 aliphatic heterocycles. The van der Waals surface area contributed by atoms with Gasteiger partial charge in [0.25, 0.3) is 0 Å². The van der Waals surface area contributed by atoms with E-state index in [-0.39, 0.29) is 0 Å². The third-order valence-electron chi connectivity index (χ3n) is 5.06. The van der Waals surface area contributed by atoms with Gasteiger partial charge in [-0.25, -0.2) is 5.48 Å². The molecule has 0 fully saturated rings. The Morgan fingerprint density at radius 3 is 1.47 bits per heavy atom. The van der Waals surface area contributed by atoms with E-state index >= 15 is 0 Å². The molecular weight excluding hydrogens is 410 g/mol. The highest BCUT2D eigenvalue weighted by Crippen LogP contribution is 2.39. The number of carbonyl (C=O) groups is 3. The first-order chi connectivity index (χ1) is 15.4. The monoisotopic (exact) mass is 433 g/mol. The Balaban J connectivity index is 1.99. The van der Waals surface area contributed by atoms with Gasteiger partial charge in [0, 0.05) is 6.42 Å². The van der Waals surface area contributed by atoms with Crippen LogP contribution in [0, 0.1) is 5.92 Å². The van der Waals surface area contributed by atoms with Crippen LogP contribution in [-0.2, 0) is 24.8 Å². The third-order valence-corrected chi connectivity index (χ3v) is 5.06. The van der Waals surface area contributed by atoms with Gasteiger partial charge in [0.05, 0.1) is 12.3 Å². The van der Waals surface area contributed by atoms with E-state index in [0.717, 1.165) is 16.7 Å². The summed E-state index contributed by atoms with van der Waals surface area (Å²) in [7, 11) is 0. The number of carboxylic acid groups (broad SMARTS) is 2. The zero-order chi connectivity index (χ0) is 23.0. The number of carboxylic acids is 2. The number of aliphatic carboxylic acids is 2. The summed E-state index contributed by atoms with van der Waals surface area (Å²) in [5.41, 5.74) is 3.41. The number of hydrogen-bond acceptors (Lipinski definition) is 4. The molecule has 0 aromatic heterocycles. The maximum Gasteiger partial charge on any atom is 0.307 e. The number of amides is 1. The Morgan fingerprint density at radius 1 is 0.719 bits per heavy atom. The minimum Gasteiger partial charge on any atom is -0.481 e. The molecule has 32 heavy (non-hydrogen) atoms. The third kappa shape index (κ3) is 5.19. The van der Waals surface area contributed by atoms with E-state index in [1.54, 1.807) is 0 Å². The zero-order valence-corrected chi connectivity index (χ0v) is 17.2. The van der Waals surface area contributed by atoms with Crippen molar-refractivity contribution in [1.29, 1.82) is 0 Å². The summed E-state index contributed by atoms with van der Waals surface area (Å²) in [6.45, 7) is 0. The highest BCUT2D eigenvalue weighted by molar-refractivity contribution is 5.84. The molecule has 0 aliphatic rings. The quantitative estimate of drug-likeness (QED) is 0.333. The van der Waals surface area contributed by atoms with Crippen LogP contribution in [0.3, 0.4) is 0 Å². The molecule has 3 rings (SSSR count). The molecule has 0 aliphatic carbocycles. The van der Waals surface area contributed by atoms with Crippen molar-refractivity contribution in [1.82, 2.24) is 5.48 Å². The summed E-state index contributed by atoms with van der Waals surface area (Å²) >= 11 is 0. The van der Waals surface area contributed by atoms with Crippen molar-refractivity contribution in [2.75, 3.05) is 0 Å². The Bertz CT molecular complexity index is 957. The van der Waals surface area contributed by atoms with Crippen molar-refractivity contribution >= 4 is 17.8 Å². The molecule has 0 radical (unpaired) electrons. The van der Waals surface area contributed by atoms with Crippen molar-refractivity contribution in [3.8, 4) is 0 Å². The van der Waals surface area contributed by atoms with Crippen molar-refractivity contribution < 1.29 is 29.4 Å². The van der Waals surface area contributed by atoms with Gasteiger partial charge in [0.15, 0.2) is 5.60 Å². The molecule has 3 N–H and O–H groups in total. The molecule has 0 spiro atoms. The molecule has 0 saturated heterocycles. The number of benzene rings is 3. The van der Waals surface area contributed by atoms with Crippen LogP contribution in [0.1, 0.15) is 29.5 Å². The van der Waals surface area contributed by atoms with E-state index in [2.05, 4.69) is 5.48 Å². The van der Waals surface area contributed by atoms with Crippen LogP contribution < -0.4 is 5.48 Å². The first kappa shape index (κ1) is 22.7. The SMILES string of the molecule is O=C(O)CC(CC(=O)NOC(c1ccccc1)(c1ccccc1)c1ccccc1)C(=O)O. The number of nitrogens with one attached hydrogen (secondary N) is 1. The predicted molar refractivity (Wildman–Crippen MR) is 116 cm³/mol. The fourth-order valence-electron chi connectivity index (χ4n) is 3.55. The summed E-state index contributed by atoms with van der Waals surface area (Å²) in [5, 5.41) is 18.2. The van der Waals surface area contributed by atoms with Gasteiger partial charge in [-0.3, -0.25) is 19.2 Å². The largest absolute Gasteiger partial charge is 0.481 e. The van der Waals surface area contributed by atoms with Crippen LogP contribution in [-0.4, -0.2) is 28.1 Å². The lowest BCUT2D eigenvalue weighted by atomic mass is 9.80. The van der Waals surface area contributed by atoms with Crippen molar-refractivity contribution in [3.05, 3.63) is 108 Å². The maximum atomic E-state index is 12.6. The summed E-state index contributed by atoms with van der Waals surface area (Å²) in [4.78, 5) is 41.0. The van der Waals surface area contributed by atoms with Gasteiger partial charge < -0.3 is 10.2 Å². The number of hydroxylamine groups is 1. The van der Waals surface area contributed by atoms with Gasteiger partial charge in [-0.1, -0.05) is 91.0 Å². The van der Waals surface area contributed by atoms with Crippen LogP contribution in [0.15, 0.2) is 91.0 Å². The summed E-state index contributed by atoms with van der Waals surface area (Å²) < 4.78 is 0. The van der Waals surface area contributed by atoms with Gasteiger partial charge in [0.1, 0.15) is 0 Å². The second kappa shape index (κ2) is 10.4. The van der Waals surface area contributed by atoms with Crippen molar-refractivity contribution in [2.45, 2.75) is 18.4 Å².